The van der Waals surface area contributed by atoms with Crippen LogP contribution in [0.1, 0.15) is 26.7 Å². The Kier molecular flexibility index (Phi) is 3.28. The van der Waals surface area contributed by atoms with Gasteiger partial charge < -0.3 is 9.47 Å². The first-order valence-corrected chi connectivity index (χ1v) is 4.52. The van der Waals surface area contributed by atoms with Gasteiger partial charge in [0, 0.05) is 6.42 Å². The molecule has 4 heteroatoms. The molecule has 74 valence electrons. The molecule has 1 fully saturated rings. The molecule has 0 spiro atoms. The normalized spacial score (nSPS) is 23.8. The van der Waals surface area contributed by atoms with Crippen molar-refractivity contribution in [2.75, 3.05) is 6.61 Å². The molecule has 4 nitrogen and oxygen atoms in total. The first-order chi connectivity index (χ1) is 6.15. The van der Waals surface area contributed by atoms with Crippen LogP contribution in [0.4, 0.5) is 0 Å². The number of hydrogen-bond donors (Lipinski definition) is 0. The topological polar surface area (TPSA) is 52.6 Å². The molecule has 0 aromatic rings. The van der Waals surface area contributed by atoms with Gasteiger partial charge in [-0.05, 0) is 6.42 Å². The molecule has 1 rings (SSSR count). The van der Waals surface area contributed by atoms with Crippen molar-refractivity contribution in [2.45, 2.75) is 32.8 Å². The Morgan fingerprint density at radius 3 is 2.92 bits per heavy atom. The predicted octanol–water partition coefficient (Wildman–Crippen LogP) is 0.891. The van der Waals surface area contributed by atoms with E-state index < -0.39 is 12.1 Å². The smallest absolute Gasteiger partial charge is 0.347 e. The number of hydrogen-bond acceptors (Lipinski definition) is 4. The Hall–Kier alpha value is -1.06. The maximum absolute atomic E-state index is 11.2. The Balaban J connectivity index is 2.39. The number of carbonyl (C=O) groups excluding carboxylic acids is 2. The molecule has 0 radical (unpaired) electrons. The van der Waals surface area contributed by atoms with Crippen molar-refractivity contribution in [1.29, 1.82) is 0 Å². The van der Waals surface area contributed by atoms with E-state index in [0.29, 0.717) is 13.0 Å². The highest BCUT2D eigenvalue weighted by Gasteiger charge is 2.31. The monoisotopic (exact) mass is 186 g/mol. The van der Waals surface area contributed by atoms with Gasteiger partial charge in [-0.15, -0.1) is 0 Å². The van der Waals surface area contributed by atoms with Crippen molar-refractivity contribution in [2.24, 2.45) is 5.92 Å². The van der Waals surface area contributed by atoms with Crippen molar-refractivity contribution in [1.82, 2.24) is 0 Å². The van der Waals surface area contributed by atoms with Crippen LogP contribution in [0.2, 0.25) is 0 Å². The number of rotatable bonds is 3. The minimum atomic E-state index is -0.665. The minimum Gasteiger partial charge on any atom is -0.463 e. The zero-order valence-electron chi connectivity index (χ0n) is 7.91. The molecule has 0 aromatic carbocycles. The van der Waals surface area contributed by atoms with Gasteiger partial charge in [-0.1, -0.05) is 13.8 Å². The highest BCUT2D eigenvalue weighted by atomic mass is 16.6. The van der Waals surface area contributed by atoms with Crippen molar-refractivity contribution in [3.8, 4) is 0 Å². The number of esters is 2. The van der Waals surface area contributed by atoms with E-state index in [2.05, 4.69) is 4.74 Å². The van der Waals surface area contributed by atoms with Gasteiger partial charge in [-0.2, -0.15) is 0 Å². The molecule has 0 aromatic heterocycles. The zero-order chi connectivity index (χ0) is 9.84. The number of cyclic esters (lactones) is 1. The summed E-state index contributed by atoms with van der Waals surface area (Å²) in [6, 6.07) is 0. The molecule has 1 aliphatic heterocycles. The third kappa shape index (κ3) is 2.44. The van der Waals surface area contributed by atoms with E-state index in [9.17, 15) is 9.59 Å². The van der Waals surface area contributed by atoms with E-state index in [-0.39, 0.29) is 11.9 Å². The number of carbonyl (C=O) groups is 2. The van der Waals surface area contributed by atoms with Crippen molar-refractivity contribution < 1.29 is 19.1 Å². The van der Waals surface area contributed by atoms with Gasteiger partial charge in [-0.25, -0.2) is 4.79 Å². The maximum atomic E-state index is 11.2. The molecule has 13 heavy (non-hydrogen) atoms. The summed E-state index contributed by atoms with van der Waals surface area (Å²) in [5.74, 6) is -0.878. The SMILES string of the molecule is CCC(C)C(=O)OC1CCOC1=O. The Morgan fingerprint density at radius 2 is 2.46 bits per heavy atom. The molecule has 1 saturated heterocycles. The van der Waals surface area contributed by atoms with Crippen LogP contribution in [-0.4, -0.2) is 24.6 Å². The van der Waals surface area contributed by atoms with Crippen molar-refractivity contribution >= 4 is 11.9 Å². The van der Waals surface area contributed by atoms with Gasteiger partial charge in [0.1, 0.15) is 0 Å². The first-order valence-electron chi connectivity index (χ1n) is 4.52. The molecule has 0 aliphatic carbocycles. The van der Waals surface area contributed by atoms with Gasteiger partial charge in [0.25, 0.3) is 0 Å². The molecular formula is C9H14O4. The number of ether oxygens (including phenoxy) is 2. The highest BCUT2D eigenvalue weighted by molar-refractivity contribution is 5.81. The summed E-state index contributed by atoms with van der Waals surface area (Å²) in [6.07, 6.45) is 0.545. The van der Waals surface area contributed by atoms with E-state index in [1.165, 1.54) is 0 Å². The second-order valence-electron chi connectivity index (χ2n) is 3.19. The van der Waals surface area contributed by atoms with Crippen LogP contribution in [0.3, 0.4) is 0 Å². The Labute approximate surface area is 77.2 Å². The van der Waals surface area contributed by atoms with Crippen LogP contribution < -0.4 is 0 Å². The lowest BCUT2D eigenvalue weighted by atomic mass is 10.1. The zero-order valence-corrected chi connectivity index (χ0v) is 7.91. The quantitative estimate of drug-likeness (QED) is 0.614. The molecule has 0 bridgehead atoms. The van der Waals surface area contributed by atoms with Crippen LogP contribution in [0.25, 0.3) is 0 Å². The van der Waals surface area contributed by atoms with E-state index in [0.717, 1.165) is 6.42 Å². The first kappa shape index (κ1) is 10.0. The molecule has 0 amide bonds. The summed E-state index contributed by atoms with van der Waals surface area (Å²) in [7, 11) is 0. The summed E-state index contributed by atoms with van der Waals surface area (Å²) < 4.78 is 9.63. The Bertz CT molecular complexity index is 212. The molecule has 0 N–H and O–H groups in total. The fourth-order valence-electron chi connectivity index (χ4n) is 1.01. The van der Waals surface area contributed by atoms with E-state index >= 15 is 0 Å². The summed E-state index contributed by atoms with van der Waals surface area (Å²) in [5, 5.41) is 0. The average Bonchev–Trinajstić information content (AvgIpc) is 2.50. The van der Waals surface area contributed by atoms with Crippen LogP contribution in [-0.2, 0) is 19.1 Å². The largest absolute Gasteiger partial charge is 0.463 e. The molecule has 1 heterocycles. The van der Waals surface area contributed by atoms with Crippen molar-refractivity contribution in [3.05, 3.63) is 0 Å². The lowest BCUT2D eigenvalue weighted by molar-refractivity contribution is -0.162. The van der Waals surface area contributed by atoms with E-state index in [1.807, 2.05) is 6.92 Å². The second-order valence-corrected chi connectivity index (χ2v) is 3.19. The summed E-state index contributed by atoms with van der Waals surface area (Å²) in [5.41, 5.74) is 0. The third-order valence-electron chi connectivity index (χ3n) is 2.16. The minimum absolute atomic E-state index is 0.145. The van der Waals surface area contributed by atoms with Gasteiger partial charge >= 0.3 is 11.9 Å². The summed E-state index contributed by atoms with van der Waals surface area (Å²) in [6.45, 7) is 4.04. The second kappa shape index (κ2) is 4.25. The van der Waals surface area contributed by atoms with Crippen LogP contribution in [0, 0.1) is 5.92 Å². The predicted molar refractivity (Wildman–Crippen MR) is 44.9 cm³/mol. The van der Waals surface area contributed by atoms with Gasteiger partial charge in [0.05, 0.1) is 12.5 Å². The fourth-order valence-corrected chi connectivity index (χ4v) is 1.01. The third-order valence-corrected chi connectivity index (χ3v) is 2.16. The van der Waals surface area contributed by atoms with E-state index in [4.69, 9.17) is 4.74 Å². The standard InChI is InChI=1S/C9H14O4/c1-3-6(2)8(10)13-7-4-5-12-9(7)11/h6-7H,3-5H2,1-2H3. The van der Waals surface area contributed by atoms with Crippen LogP contribution in [0.15, 0.2) is 0 Å². The van der Waals surface area contributed by atoms with Gasteiger partial charge in [-0.3, -0.25) is 4.79 Å². The molecule has 0 saturated carbocycles. The van der Waals surface area contributed by atoms with Gasteiger partial charge in [0.15, 0.2) is 0 Å². The van der Waals surface area contributed by atoms with Crippen LogP contribution in [0.5, 0.6) is 0 Å². The average molecular weight is 186 g/mol. The lowest BCUT2D eigenvalue weighted by Crippen LogP contribution is -2.25. The molecule has 2 atom stereocenters. The van der Waals surface area contributed by atoms with Crippen LogP contribution >= 0.6 is 0 Å². The molecule has 1 aliphatic rings. The summed E-state index contributed by atoms with van der Waals surface area (Å²) in [4.78, 5) is 22.2. The molecule has 2 unspecified atom stereocenters. The maximum Gasteiger partial charge on any atom is 0.347 e. The highest BCUT2D eigenvalue weighted by Crippen LogP contribution is 2.13. The fraction of sp³-hybridized carbons (Fsp3) is 0.778. The Morgan fingerprint density at radius 1 is 1.77 bits per heavy atom. The van der Waals surface area contributed by atoms with Gasteiger partial charge in [0.2, 0.25) is 6.10 Å². The van der Waals surface area contributed by atoms with E-state index in [1.54, 1.807) is 6.92 Å². The van der Waals surface area contributed by atoms with Crippen molar-refractivity contribution in [3.63, 3.8) is 0 Å². The molecular weight excluding hydrogens is 172 g/mol. The lowest BCUT2D eigenvalue weighted by Gasteiger charge is -2.11. The summed E-state index contributed by atoms with van der Waals surface area (Å²) >= 11 is 0.